The van der Waals surface area contributed by atoms with Gasteiger partial charge >= 0.3 is 0 Å². The number of nitrogens with one attached hydrogen (secondary N) is 3. The van der Waals surface area contributed by atoms with Crippen LogP contribution in [0.3, 0.4) is 0 Å². The molecule has 5 aromatic carbocycles. The summed E-state index contributed by atoms with van der Waals surface area (Å²) in [5.41, 5.74) is 10.6. The molecule has 0 aliphatic heterocycles. The summed E-state index contributed by atoms with van der Waals surface area (Å²) in [5.74, 6) is 2.86. The van der Waals surface area contributed by atoms with E-state index < -0.39 is 0 Å². The molecule has 10 rings (SSSR count). The van der Waals surface area contributed by atoms with Crippen molar-refractivity contribution < 1.29 is 14.3 Å². The van der Waals surface area contributed by atoms with Gasteiger partial charge in [-0.15, -0.1) is 0 Å². The summed E-state index contributed by atoms with van der Waals surface area (Å²) in [4.78, 5) is 45.9. The van der Waals surface area contributed by atoms with Crippen LogP contribution >= 0.6 is 0 Å². The molecule has 2 amide bonds. The Balaban J connectivity index is 0.000000167. The number of para-hydroxylation sites is 5. The van der Waals surface area contributed by atoms with Crippen LogP contribution in [0.5, 0.6) is 5.75 Å². The van der Waals surface area contributed by atoms with Crippen LogP contribution < -0.4 is 20.7 Å². The third kappa shape index (κ3) is 9.37. The van der Waals surface area contributed by atoms with E-state index in [9.17, 15) is 9.59 Å². The highest BCUT2D eigenvalue weighted by atomic mass is 16.5. The van der Waals surface area contributed by atoms with Crippen molar-refractivity contribution in [3.05, 3.63) is 151 Å². The van der Waals surface area contributed by atoms with Crippen molar-refractivity contribution in [3.63, 3.8) is 0 Å². The van der Waals surface area contributed by atoms with Crippen LogP contribution in [0.4, 0.5) is 11.6 Å². The molecule has 0 bridgehead atoms. The quantitative estimate of drug-likeness (QED) is 0.0858. The van der Waals surface area contributed by atoms with Gasteiger partial charge in [-0.2, -0.15) is 0 Å². The average molecular weight is 879 g/mol. The summed E-state index contributed by atoms with van der Waals surface area (Å²) in [6.45, 7) is 11.7. The Morgan fingerprint density at radius 3 is 1.71 bits per heavy atom. The SMILES string of the molecule is CCN(CC)C(=O)c1ccc(-c2cnc3c(NCC(C)C)nc4ccccc4n23)cc1.O=C(NC1CC1)c1ccc(-c2cnc3c(NCCOc4ccccc4)nc4ccccc4n23)cc1. The predicted molar refractivity (Wildman–Crippen MR) is 263 cm³/mol. The van der Waals surface area contributed by atoms with Crippen LogP contribution in [-0.4, -0.2) is 84.3 Å². The van der Waals surface area contributed by atoms with E-state index in [1.165, 1.54) is 0 Å². The number of fused-ring (bicyclic) bond motifs is 6. The Bertz CT molecular complexity index is 3120. The first kappa shape index (κ1) is 43.5. The Labute approximate surface area is 383 Å². The summed E-state index contributed by atoms with van der Waals surface area (Å²) >= 11 is 0. The number of hydrogen-bond donors (Lipinski definition) is 3. The number of hydrogen-bond acceptors (Lipinski definition) is 9. The van der Waals surface area contributed by atoms with Gasteiger partial charge in [-0.05, 0) is 93.3 Å². The summed E-state index contributed by atoms with van der Waals surface area (Å²) < 4.78 is 10.1. The number of anilines is 2. The molecular formula is C53H54N10O3. The molecule has 0 spiro atoms. The van der Waals surface area contributed by atoms with Crippen LogP contribution in [-0.2, 0) is 0 Å². The Kier molecular flexibility index (Phi) is 12.9. The van der Waals surface area contributed by atoms with Crippen molar-refractivity contribution in [2.24, 2.45) is 5.92 Å². The first-order valence-electron chi connectivity index (χ1n) is 22.8. The number of benzene rings is 5. The molecule has 13 nitrogen and oxygen atoms in total. The van der Waals surface area contributed by atoms with Gasteiger partial charge in [0.15, 0.2) is 22.9 Å². The molecule has 0 radical (unpaired) electrons. The Morgan fingerprint density at radius 1 is 0.667 bits per heavy atom. The van der Waals surface area contributed by atoms with Gasteiger partial charge in [-0.1, -0.05) is 80.6 Å². The third-order valence-electron chi connectivity index (χ3n) is 11.6. The van der Waals surface area contributed by atoms with Gasteiger partial charge in [0.2, 0.25) is 0 Å². The van der Waals surface area contributed by atoms with Gasteiger partial charge in [0, 0.05) is 47.9 Å². The normalized spacial score (nSPS) is 12.3. The van der Waals surface area contributed by atoms with E-state index in [-0.39, 0.29) is 11.8 Å². The number of aromatic nitrogens is 6. The highest BCUT2D eigenvalue weighted by Crippen LogP contribution is 2.31. The van der Waals surface area contributed by atoms with Crippen LogP contribution in [0.25, 0.3) is 55.9 Å². The molecule has 334 valence electrons. The number of carbonyl (C=O) groups is 2. The maximum absolute atomic E-state index is 12.7. The zero-order valence-electron chi connectivity index (χ0n) is 37.7. The van der Waals surface area contributed by atoms with E-state index in [4.69, 9.17) is 24.7 Å². The monoisotopic (exact) mass is 878 g/mol. The van der Waals surface area contributed by atoms with E-state index in [2.05, 4.69) is 44.7 Å². The fraction of sp³-hybridized carbons (Fsp3) is 0.245. The first-order valence-corrected chi connectivity index (χ1v) is 22.8. The number of carbonyl (C=O) groups excluding carboxylic acids is 2. The Hall–Kier alpha value is -7.80. The van der Waals surface area contributed by atoms with Crippen LogP contribution in [0.15, 0.2) is 140 Å². The van der Waals surface area contributed by atoms with Crippen molar-refractivity contribution in [1.29, 1.82) is 0 Å². The fourth-order valence-corrected chi connectivity index (χ4v) is 7.93. The lowest BCUT2D eigenvalue weighted by molar-refractivity contribution is 0.0772. The molecule has 9 aromatic rings. The van der Waals surface area contributed by atoms with E-state index in [1.807, 2.05) is 152 Å². The largest absolute Gasteiger partial charge is 0.492 e. The molecule has 1 aliphatic rings. The summed E-state index contributed by atoms with van der Waals surface area (Å²) in [7, 11) is 0. The Morgan fingerprint density at radius 2 is 1.18 bits per heavy atom. The van der Waals surface area contributed by atoms with Gasteiger partial charge < -0.3 is 25.6 Å². The van der Waals surface area contributed by atoms with Gasteiger partial charge in [0.05, 0.1) is 52.4 Å². The van der Waals surface area contributed by atoms with Crippen molar-refractivity contribution in [1.82, 2.24) is 39.0 Å². The minimum atomic E-state index is -0.0175. The second-order valence-electron chi connectivity index (χ2n) is 16.7. The number of rotatable bonds is 15. The highest BCUT2D eigenvalue weighted by Gasteiger charge is 2.24. The molecule has 4 aromatic heterocycles. The van der Waals surface area contributed by atoms with Crippen LogP contribution in [0.1, 0.15) is 61.3 Å². The lowest BCUT2D eigenvalue weighted by atomic mass is 10.1. The molecular weight excluding hydrogens is 825 g/mol. The minimum absolute atomic E-state index is 0.0175. The summed E-state index contributed by atoms with van der Waals surface area (Å²) in [6.07, 6.45) is 5.88. The molecule has 13 heteroatoms. The number of nitrogens with zero attached hydrogens (tertiary/aromatic N) is 7. The number of ether oxygens (including phenoxy) is 1. The first-order chi connectivity index (χ1) is 32.3. The van der Waals surface area contributed by atoms with Gasteiger partial charge in [0.25, 0.3) is 11.8 Å². The standard InChI is InChI=1S/C28H25N5O2.C25H29N5O/c34-28(31-21-14-15-21)20-12-10-19(11-13-20)25-18-30-27-26(29-16-17-35-22-6-2-1-3-7-22)32-23-8-4-5-9-24(23)33(25)27;1-5-29(6-2)25(31)19-13-11-18(12-14-19)22-16-27-24-23(26-15-17(3)4)28-20-9-7-8-10-21(20)30(22)24/h1-13,18,21H,14-17H2,(H,29,32)(H,31,34);7-14,16-17H,5-6,15H2,1-4H3,(H,26,28). The molecule has 1 fully saturated rings. The van der Waals surface area contributed by atoms with E-state index in [0.29, 0.717) is 55.1 Å². The van der Waals surface area contributed by atoms with Crippen molar-refractivity contribution >= 4 is 56.8 Å². The topological polar surface area (TPSA) is 143 Å². The molecule has 3 N–H and O–H groups in total. The van der Waals surface area contributed by atoms with Crippen molar-refractivity contribution in [3.8, 4) is 28.3 Å². The minimum Gasteiger partial charge on any atom is -0.492 e. The predicted octanol–water partition coefficient (Wildman–Crippen LogP) is 10.0. The van der Waals surface area contributed by atoms with Gasteiger partial charge in [-0.3, -0.25) is 18.4 Å². The average Bonchev–Trinajstić information content (AvgIpc) is 3.86. The lowest BCUT2D eigenvalue weighted by Gasteiger charge is -2.18. The summed E-state index contributed by atoms with van der Waals surface area (Å²) in [5, 5.41) is 9.88. The molecule has 4 heterocycles. The molecule has 0 atom stereocenters. The van der Waals surface area contributed by atoms with E-state index in [0.717, 1.165) is 86.8 Å². The smallest absolute Gasteiger partial charge is 0.253 e. The number of amides is 2. The molecule has 0 unspecified atom stereocenters. The lowest BCUT2D eigenvalue weighted by Crippen LogP contribution is -2.30. The van der Waals surface area contributed by atoms with Crippen LogP contribution in [0, 0.1) is 5.92 Å². The molecule has 0 saturated heterocycles. The maximum atomic E-state index is 12.7. The highest BCUT2D eigenvalue weighted by molar-refractivity contribution is 5.96. The zero-order chi connectivity index (χ0) is 45.6. The fourth-order valence-electron chi connectivity index (χ4n) is 7.93. The van der Waals surface area contributed by atoms with E-state index in [1.54, 1.807) is 0 Å². The van der Waals surface area contributed by atoms with E-state index >= 15 is 0 Å². The third-order valence-corrected chi connectivity index (χ3v) is 11.6. The van der Waals surface area contributed by atoms with Crippen molar-refractivity contribution in [2.45, 2.75) is 46.6 Å². The molecule has 66 heavy (non-hydrogen) atoms. The van der Waals surface area contributed by atoms with Crippen molar-refractivity contribution in [2.75, 3.05) is 43.4 Å². The maximum Gasteiger partial charge on any atom is 0.253 e. The molecule has 1 aliphatic carbocycles. The second-order valence-corrected chi connectivity index (χ2v) is 16.7. The second kappa shape index (κ2) is 19.5. The zero-order valence-corrected chi connectivity index (χ0v) is 37.7. The summed E-state index contributed by atoms with van der Waals surface area (Å²) in [6, 6.07) is 41.7. The van der Waals surface area contributed by atoms with Crippen LogP contribution in [0.2, 0.25) is 0 Å². The molecule has 1 saturated carbocycles. The van der Waals surface area contributed by atoms with Gasteiger partial charge in [0.1, 0.15) is 12.4 Å². The number of imidazole rings is 2. The van der Waals surface area contributed by atoms with Gasteiger partial charge in [-0.25, -0.2) is 19.9 Å².